The first kappa shape index (κ1) is 15.9. The lowest BCUT2D eigenvalue weighted by molar-refractivity contribution is -0.0670. The maximum absolute atomic E-state index is 6.03. The third-order valence-corrected chi connectivity index (χ3v) is 4.02. The highest BCUT2D eigenvalue weighted by Crippen LogP contribution is 2.35. The lowest BCUT2D eigenvalue weighted by Crippen LogP contribution is -2.41. The smallest absolute Gasteiger partial charge is 0.101 e. The van der Waals surface area contributed by atoms with Gasteiger partial charge in [0.25, 0.3) is 0 Å². The number of nitrogens with zero attached hydrogens (tertiary/aromatic N) is 1. The molecule has 0 aromatic carbocycles. The second kappa shape index (κ2) is 6.88. The highest BCUT2D eigenvalue weighted by Gasteiger charge is 2.50. The van der Waals surface area contributed by atoms with Gasteiger partial charge < -0.3 is 9.47 Å². The minimum atomic E-state index is 0.201. The zero-order chi connectivity index (χ0) is 13.9. The predicted molar refractivity (Wildman–Crippen MR) is 75.8 cm³/mol. The zero-order valence-electron chi connectivity index (χ0n) is 13.1. The predicted octanol–water partition coefficient (Wildman–Crippen LogP) is 2.79. The summed E-state index contributed by atoms with van der Waals surface area (Å²) in [5.74, 6) is 1.16. The lowest BCUT2D eigenvalue weighted by Gasteiger charge is -2.31. The Bertz CT molecular complexity index is 219. The van der Waals surface area contributed by atoms with Gasteiger partial charge in [-0.15, -0.1) is 0 Å². The number of rotatable bonds is 6. The Labute approximate surface area is 113 Å². The first-order valence-electron chi connectivity index (χ1n) is 7.40. The number of hydrogen-bond donors (Lipinski definition) is 0. The van der Waals surface area contributed by atoms with Crippen LogP contribution in [0.1, 0.15) is 41.5 Å². The molecule has 1 rings (SSSR count). The lowest BCUT2D eigenvalue weighted by atomic mass is 9.95. The summed E-state index contributed by atoms with van der Waals surface area (Å²) in [4.78, 5) is 2.48. The van der Waals surface area contributed by atoms with Crippen molar-refractivity contribution in [3.8, 4) is 0 Å². The number of likely N-dealkylation sites (tertiary alicyclic amines) is 1. The minimum Gasteiger partial charge on any atom is -0.374 e. The van der Waals surface area contributed by atoms with Crippen molar-refractivity contribution in [3.05, 3.63) is 0 Å². The van der Waals surface area contributed by atoms with E-state index in [-0.39, 0.29) is 12.2 Å². The van der Waals surface area contributed by atoms with Crippen LogP contribution in [0, 0.1) is 11.8 Å². The van der Waals surface area contributed by atoms with Crippen LogP contribution in [0.25, 0.3) is 0 Å². The Morgan fingerprint density at radius 3 is 1.39 bits per heavy atom. The van der Waals surface area contributed by atoms with Crippen LogP contribution in [0.3, 0.4) is 0 Å². The van der Waals surface area contributed by atoms with E-state index in [2.05, 4.69) is 53.5 Å². The first-order valence-corrected chi connectivity index (χ1v) is 7.40. The van der Waals surface area contributed by atoms with Crippen molar-refractivity contribution in [1.82, 2.24) is 4.90 Å². The van der Waals surface area contributed by atoms with Crippen LogP contribution < -0.4 is 0 Å². The van der Waals surface area contributed by atoms with E-state index in [4.69, 9.17) is 9.47 Å². The van der Waals surface area contributed by atoms with Crippen LogP contribution in [-0.4, -0.2) is 49.5 Å². The fraction of sp³-hybridized carbons (Fsp3) is 1.00. The maximum atomic E-state index is 6.03. The topological polar surface area (TPSA) is 21.7 Å². The summed E-state index contributed by atoms with van der Waals surface area (Å²) < 4.78 is 12.1. The summed E-state index contributed by atoms with van der Waals surface area (Å²) in [5.41, 5.74) is 0. The number of likely N-dealkylation sites (N-methyl/N-ethyl adjacent to an activating group) is 1. The molecule has 4 atom stereocenters. The third kappa shape index (κ3) is 3.06. The first-order chi connectivity index (χ1) is 8.45. The summed E-state index contributed by atoms with van der Waals surface area (Å²) in [6.07, 6.45) is 0.402. The summed E-state index contributed by atoms with van der Waals surface area (Å²) in [5, 5.41) is 0. The fourth-order valence-electron chi connectivity index (χ4n) is 3.52. The molecular weight excluding hydrogens is 226 g/mol. The molecule has 0 aromatic rings. The van der Waals surface area contributed by atoms with Gasteiger partial charge in [-0.1, -0.05) is 27.7 Å². The van der Waals surface area contributed by atoms with Crippen LogP contribution in [0.15, 0.2) is 0 Å². The second-order valence-corrected chi connectivity index (χ2v) is 5.97. The van der Waals surface area contributed by atoms with Crippen molar-refractivity contribution in [3.63, 3.8) is 0 Å². The fourth-order valence-corrected chi connectivity index (χ4v) is 3.52. The molecule has 1 aliphatic rings. The molecule has 1 heterocycles. The van der Waals surface area contributed by atoms with Crippen LogP contribution in [0.4, 0.5) is 0 Å². The molecule has 0 aromatic heterocycles. The molecule has 0 aliphatic carbocycles. The Kier molecular flexibility index (Phi) is 6.09. The van der Waals surface area contributed by atoms with Gasteiger partial charge in [0.05, 0.1) is 0 Å². The Balaban J connectivity index is 2.99. The number of ether oxygens (including phenoxy) is 2. The van der Waals surface area contributed by atoms with E-state index in [0.717, 1.165) is 13.2 Å². The molecule has 0 bridgehead atoms. The highest BCUT2D eigenvalue weighted by molar-refractivity contribution is 5.03. The molecule has 0 spiro atoms. The van der Waals surface area contributed by atoms with Crippen LogP contribution in [-0.2, 0) is 9.47 Å². The Hall–Kier alpha value is -0.120. The van der Waals surface area contributed by atoms with Crippen molar-refractivity contribution < 1.29 is 9.47 Å². The molecule has 0 saturated carbocycles. The van der Waals surface area contributed by atoms with E-state index < -0.39 is 0 Å². The van der Waals surface area contributed by atoms with Gasteiger partial charge in [0, 0.05) is 25.3 Å². The standard InChI is InChI=1S/C15H31NO2/c1-8-17-14-12(10(3)4)16(7)13(11(5)6)15(14)18-9-2/h10-15H,8-9H2,1-7H3/t12-,13?,14+,15+/m1/s1. The molecule has 0 N–H and O–H groups in total. The van der Waals surface area contributed by atoms with Gasteiger partial charge in [0.15, 0.2) is 0 Å². The van der Waals surface area contributed by atoms with Crippen LogP contribution in [0.2, 0.25) is 0 Å². The molecule has 1 saturated heterocycles. The molecule has 0 amide bonds. The van der Waals surface area contributed by atoms with E-state index in [9.17, 15) is 0 Å². The summed E-state index contributed by atoms with van der Waals surface area (Å²) in [6, 6.07) is 0.905. The van der Waals surface area contributed by atoms with Gasteiger partial charge in [0.2, 0.25) is 0 Å². The molecule has 18 heavy (non-hydrogen) atoms. The average Bonchev–Trinajstić information content (AvgIpc) is 2.52. The van der Waals surface area contributed by atoms with Crippen molar-refractivity contribution in [2.45, 2.75) is 65.8 Å². The Morgan fingerprint density at radius 1 is 0.833 bits per heavy atom. The zero-order valence-corrected chi connectivity index (χ0v) is 13.1. The SMILES string of the molecule is CCO[C@H]1[C@@H](C(C)C)N(C)C(C(C)C)[C@@H]1OCC. The molecular formula is C15H31NO2. The summed E-state index contributed by atoms with van der Waals surface area (Å²) >= 11 is 0. The van der Waals surface area contributed by atoms with Gasteiger partial charge in [-0.2, -0.15) is 0 Å². The van der Waals surface area contributed by atoms with Gasteiger partial charge in [-0.3, -0.25) is 4.90 Å². The largest absolute Gasteiger partial charge is 0.374 e. The van der Waals surface area contributed by atoms with Gasteiger partial charge in [0.1, 0.15) is 12.2 Å². The van der Waals surface area contributed by atoms with E-state index >= 15 is 0 Å². The van der Waals surface area contributed by atoms with Gasteiger partial charge >= 0.3 is 0 Å². The van der Waals surface area contributed by atoms with E-state index in [1.54, 1.807) is 0 Å². The van der Waals surface area contributed by atoms with Crippen molar-refractivity contribution in [2.75, 3.05) is 20.3 Å². The molecule has 108 valence electrons. The monoisotopic (exact) mass is 257 g/mol. The summed E-state index contributed by atoms with van der Waals surface area (Å²) in [7, 11) is 2.22. The van der Waals surface area contributed by atoms with Crippen molar-refractivity contribution in [2.24, 2.45) is 11.8 Å². The molecule has 3 nitrogen and oxygen atoms in total. The molecule has 3 heteroatoms. The average molecular weight is 257 g/mol. The third-order valence-electron chi connectivity index (χ3n) is 4.02. The Morgan fingerprint density at radius 2 is 1.17 bits per heavy atom. The second-order valence-electron chi connectivity index (χ2n) is 5.97. The number of hydrogen-bond acceptors (Lipinski definition) is 3. The van der Waals surface area contributed by atoms with E-state index in [1.807, 2.05) is 0 Å². The maximum Gasteiger partial charge on any atom is 0.101 e. The van der Waals surface area contributed by atoms with Crippen molar-refractivity contribution >= 4 is 0 Å². The van der Waals surface area contributed by atoms with E-state index in [0.29, 0.717) is 23.9 Å². The quantitative estimate of drug-likeness (QED) is 0.730. The highest BCUT2D eigenvalue weighted by atomic mass is 16.5. The van der Waals surface area contributed by atoms with Gasteiger partial charge in [-0.25, -0.2) is 0 Å². The van der Waals surface area contributed by atoms with Crippen LogP contribution in [0.5, 0.6) is 0 Å². The minimum absolute atomic E-state index is 0.201. The molecule has 1 aliphatic heterocycles. The molecule has 1 fully saturated rings. The molecule has 1 unspecified atom stereocenters. The van der Waals surface area contributed by atoms with Crippen LogP contribution >= 0.6 is 0 Å². The van der Waals surface area contributed by atoms with Crippen molar-refractivity contribution in [1.29, 1.82) is 0 Å². The molecule has 0 radical (unpaired) electrons. The normalized spacial score (nSPS) is 33.8. The van der Waals surface area contributed by atoms with E-state index in [1.165, 1.54) is 0 Å². The summed E-state index contributed by atoms with van der Waals surface area (Å²) in [6.45, 7) is 14.8. The van der Waals surface area contributed by atoms with Gasteiger partial charge in [-0.05, 0) is 32.7 Å².